The third-order valence-corrected chi connectivity index (χ3v) is 3.64. The van der Waals surface area contributed by atoms with E-state index < -0.39 is 0 Å². The Morgan fingerprint density at radius 1 is 1.38 bits per heavy atom. The first-order valence-corrected chi connectivity index (χ1v) is 5.23. The maximum Gasteiger partial charge on any atom is 0.0504 e. The molecule has 0 aromatic rings. The standard InChI is InChI=1S/C10H19NO2/c11-9(8-1-2-8)10(7-12)3-5-13-6-4-10/h8-9,12H,1-7,11H2/t9-/m1/s1. The van der Waals surface area contributed by atoms with Crippen molar-refractivity contribution in [1.82, 2.24) is 0 Å². The third-order valence-electron chi connectivity index (χ3n) is 3.64. The molecule has 1 heterocycles. The fraction of sp³-hybridized carbons (Fsp3) is 1.00. The van der Waals surface area contributed by atoms with E-state index >= 15 is 0 Å². The molecule has 0 aromatic carbocycles. The molecule has 0 unspecified atom stereocenters. The Morgan fingerprint density at radius 3 is 2.46 bits per heavy atom. The van der Waals surface area contributed by atoms with Crippen LogP contribution in [-0.4, -0.2) is 31.0 Å². The van der Waals surface area contributed by atoms with E-state index in [1.54, 1.807) is 0 Å². The highest BCUT2D eigenvalue weighted by Gasteiger charge is 2.44. The Kier molecular flexibility index (Phi) is 2.58. The molecule has 76 valence electrons. The molecule has 0 aromatic heterocycles. The van der Waals surface area contributed by atoms with Gasteiger partial charge in [0.05, 0.1) is 6.61 Å². The van der Waals surface area contributed by atoms with Gasteiger partial charge in [0.1, 0.15) is 0 Å². The van der Waals surface area contributed by atoms with Crippen molar-refractivity contribution < 1.29 is 9.84 Å². The molecule has 0 spiro atoms. The molecule has 1 aliphatic heterocycles. The minimum absolute atomic E-state index is 0.0284. The van der Waals surface area contributed by atoms with Gasteiger partial charge in [-0.25, -0.2) is 0 Å². The number of nitrogens with two attached hydrogens (primary N) is 1. The molecule has 1 saturated heterocycles. The topological polar surface area (TPSA) is 55.5 Å². The largest absolute Gasteiger partial charge is 0.396 e. The van der Waals surface area contributed by atoms with Gasteiger partial charge in [-0.3, -0.25) is 0 Å². The van der Waals surface area contributed by atoms with Crippen LogP contribution in [-0.2, 0) is 4.74 Å². The number of ether oxygens (including phenoxy) is 1. The lowest BCUT2D eigenvalue weighted by atomic mass is 9.73. The molecule has 1 atom stereocenters. The van der Waals surface area contributed by atoms with E-state index in [4.69, 9.17) is 10.5 Å². The SMILES string of the molecule is N[C@H](C1CC1)C1(CO)CCOCC1. The van der Waals surface area contributed by atoms with Gasteiger partial charge in [0.25, 0.3) is 0 Å². The fourth-order valence-corrected chi connectivity index (χ4v) is 2.33. The van der Waals surface area contributed by atoms with E-state index in [1.807, 2.05) is 0 Å². The number of hydrogen-bond acceptors (Lipinski definition) is 3. The van der Waals surface area contributed by atoms with Crippen LogP contribution in [0.25, 0.3) is 0 Å². The quantitative estimate of drug-likeness (QED) is 0.673. The fourth-order valence-electron chi connectivity index (χ4n) is 2.33. The molecule has 2 aliphatic rings. The summed E-state index contributed by atoms with van der Waals surface area (Å²) in [4.78, 5) is 0. The summed E-state index contributed by atoms with van der Waals surface area (Å²) in [5.41, 5.74) is 6.16. The van der Waals surface area contributed by atoms with Crippen molar-refractivity contribution in [3.05, 3.63) is 0 Å². The first-order chi connectivity index (χ1) is 6.28. The lowest BCUT2D eigenvalue weighted by Gasteiger charge is -2.40. The summed E-state index contributed by atoms with van der Waals surface area (Å²) >= 11 is 0. The van der Waals surface area contributed by atoms with Crippen molar-refractivity contribution in [2.75, 3.05) is 19.8 Å². The molecule has 1 aliphatic carbocycles. The average molecular weight is 185 g/mol. The van der Waals surface area contributed by atoms with Gasteiger partial charge in [0.15, 0.2) is 0 Å². The van der Waals surface area contributed by atoms with Crippen LogP contribution in [0.2, 0.25) is 0 Å². The zero-order chi connectivity index (χ0) is 9.31. The highest BCUT2D eigenvalue weighted by Crippen LogP contribution is 2.44. The summed E-state index contributed by atoms with van der Waals surface area (Å²) in [5.74, 6) is 0.672. The van der Waals surface area contributed by atoms with E-state index in [-0.39, 0.29) is 18.1 Å². The van der Waals surface area contributed by atoms with Crippen LogP contribution >= 0.6 is 0 Å². The molecule has 13 heavy (non-hydrogen) atoms. The van der Waals surface area contributed by atoms with Crippen molar-refractivity contribution in [1.29, 1.82) is 0 Å². The summed E-state index contributed by atoms with van der Waals surface area (Å²) in [5, 5.41) is 9.45. The average Bonchev–Trinajstić information content (AvgIpc) is 3.01. The van der Waals surface area contributed by atoms with Gasteiger partial charge in [-0.2, -0.15) is 0 Å². The second-order valence-electron chi connectivity index (χ2n) is 4.50. The molecule has 0 radical (unpaired) electrons. The lowest BCUT2D eigenvalue weighted by Crippen LogP contribution is -2.49. The van der Waals surface area contributed by atoms with Gasteiger partial charge in [-0.05, 0) is 31.6 Å². The summed E-state index contributed by atoms with van der Waals surface area (Å²) in [7, 11) is 0. The molecule has 0 bridgehead atoms. The van der Waals surface area contributed by atoms with E-state index in [0.29, 0.717) is 5.92 Å². The van der Waals surface area contributed by atoms with Crippen LogP contribution in [0.15, 0.2) is 0 Å². The summed E-state index contributed by atoms with van der Waals surface area (Å²) in [6.45, 7) is 1.76. The Bertz CT molecular complexity index is 174. The van der Waals surface area contributed by atoms with Crippen molar-refractivity contribution >= 4 is 0 Å². The summed E-state index contributed by atoms with van der Waals surface area (Å²) in [6, 6.07) is 0.196. The van der Waals surface area contributed by atoms with Crippen LogP contribution in [0.5, 0.6) is 0 Å². The Morgan fingerprint density at radius 2 is 2.00 bits per heavy atom. The zero-order valence-corrected chi connectivity index (χ0v) is 8.04. The van der Waals surface area contributed by atoms with Gasteiger partial charge in [0.2, 0.25) is 0 Å². The van der Waals surface area contributed by atoms with E-state index in [1.165, 1.54) is 12.8 Å². The van der Waals surface area contributed by atoms with Gasteiger partial charge < -0.3 is 15.6 Å². The molecule has 3 heteroatoms. The summed E-state index contributed by atoms with van der Waals surface area (Å²) < 4.78 is 5.31. The third kappa shape index (κ3) is 1.73. The van der Waals surface area contributed by atoms with Gasteiger partial charge in [-0.15, -0.1) is 0 Å². The first-order valence-electron chi connectivity index (χ1n) is 5.23. The monoisotopic (exact) mass is 185 g/mol. The zero-order valence-electron chi connectivity index (χ0n) is 8.04. The Hall–Kier alpha value is -0.120. The predicted octanol–water partition coefficient (Wildman–Crippen LogP) is 0.513. The molecule has 2 rings (SSSR count). The van der Waals surface area contributed by atoms with Gasteiger partial charge in [-0.1, -0.05) is 0 Å². The number of aliphatic hydroxyl groups is 1. The van der Waals surface area contributed by atoms with Crippen molar-refractivity contribution in [3.8, 4) is 0 Å². The van der Waals surface area contributed by atoms with Crippen molar-refractivity contribution in [2.45, 2.75) is 31.7 Å². The minimum atomic E-state index is -0.0284. The summed E-state index contributed by atoms with van der Waals surface area (Å²) in [6.07, 6.45) is 4.37. The maximum atomic E-state index is 9.45. The van der Waals surface area contributed by atoms with Crippen molar-refractivity contribution in [2.24, 2.45) is 17.1 Å². The number of aliphatic hydroxyl groups excluding tert-OH is 1. The van der Waals surface area contributed by atoms with Crippen LogP contribution < -0.4 is 5.73 Å². The predicted molar refractivity (Wildman–Crippen MR) is 50.3 cm³/mol. The molecule has 2 fully saturated rings. The molecular weight excluding hydrogens is 166 g/mol. The lowest BCUT2D eigenvalue weighted by molar-refractivity contribution is -0.0340. The van der Waals surface area contributed by atoms with Crippen LogP contribution in [0, 0.1) is 11.3 Å². The molecule has 1 saturated carbocycles. The number of hydrogen-bond donors (Lipinski definition) is 2. The molecule has 0 amide bonds. The molecule has 3 N–H and O–H groups in total. The van der Waals surface area contributed by atoms with E-state index in [2.05, 4.69) is 0 Å². The second kappa shape index (κ2) is 3.56. The van der Waals surface area contributed by atoms with Crippen LogP contribution in [0.4, 0.5) is 0 Å². The van der Waals surface area contributed by atoms with Crippen molar-refractivity contribution in [3.63, 3.8) is 0 Å². The van der Waals surface area contributed by atoms with E-state index in [0.717, 1.165) is 26.1 Å². The van der Waals surface area contributed by atoms with Crippen LogP contribution in [0.1, 0.15) is 25.7 Å². The number of rotatable bonds is 3. The minimum Gasteiger partial charge on any atom is -0.396 e. The maximum absolute atomic E-state index is 9.45. The smallest absolute Gasteiger partial charge is 0.0504 e. The van der Waals surface area contributed by atoms with Gasteiger partial charge >= 0.3 is 0 Å². The normalized spacial score (nSPS) is 30.0. The Balaban J connectivity index is 2.02. The Labute approximate surface area is 79.3 Å². The van der Waals surface area contributed by atoms with E-state index in [9.17, 15) is 5.11 Å². The second-order valence-corrected chi connectivity index (χ2v) is 4.50. The highest BCUT2D eigenvalue weighted by atomic mass is 16.5. The highest BCUT2D eigenvalue weighted by molar-refractivity contribution is 4.98. The first kappa shape index (κ1) is 9.44. The molecular formula is C10H19NO2. The van der Waals surface area contributed by atoms with Crippen LogP contribution in [0.3, 0.4) is 0 Å². The van der Waals surface area contributed by atoms with Gasteiger partial charge in [0, 0.05) is 24.7 Å². The molecule has 3 nitrogen and oxygen atoms in total.